The molecule has 3 aromatic rings. The molecule has 0 aliphatic rings. The van der Waals surface area contributed by atoms with E-state index in [0.29, 0.717) is 0 Å². The van der Waals surface area contributed by atoms with E-state index in [1.165, 1.54) is 3.57 Å². The molecule has 0 radical (unpaired) electrons. The second kappa shape index (κ2) is 5.57. The molecular weight excluding hydrogens is 395 g/mol. The number of furan rings is 1. The highest BCUT2D eigenvalue weighted by atomic mass is 127. The molecule has 0 N–H and O–H groups in total. The van der Waals surface area contributed by atoms with E-state index in [9.17, 15) is 4.21 Å². The minimum atomic E-state index is -1.10. The molecule has 4 heteroatoms. The molecule has 108 valence electrons. The molecule has 2 nitrogen and oxygen atoms in total. The van der Waals surface area contributed by atoms with Gasteiger partial charge in [0.2, 0.25) is 0 Å². The number of benzene rings is 2. The Labute approximate surface area is 140 Å². The van der Waals surface area contributed by atoms with Gasteiger partial charge in [0.15, 0.2) is 5.76 Å². The number of halogens is 1. The van der Waals surface area contributed by atoms with Gasteiger partial charge in [0, 0.05) is 20.8 Å². The van der Waals surface area contributed by atoms with E-state index in [4.69, 9.17) is 4.42 Å². The summed E-state index contributed by atoms with van der Waals surface area (Å²) in [6, 6.07) is 12.2. The molecule has 21 heavy (non-hydrogen) atoms. The normalized spacial score (nSPS) is 12.8. The van der Waals surface area contributed by atoms with Gasteiger partial charge in [0.25, 0.3) is 0 Å². The van der Waals surface area contributed by atoms with Crippen LogP contribution in [-0.4, -0.2) is 10.5 Å². The number of fused-ring (bicyclic) bond motifs is 1. The molecule has 0 fully saturated rings. The van der Waals surface area contributed by atoms with Crippen LogP contribution in [0.1, 0.15) is 11.1 Å². The molecule has 1 aromatic heterocycles. The lowest BCUT2D eigenvalue weighted by Crippen LogP contribution is -1.89. The van der Waals surface area contributed by atoms with Gasteiger partial charge in [-0.15, -0.1) is 0 Å². The number of aryl methyl sites for hydroxylation is 2. The zero-order valence-electron chi connectivity index (χ0n) is 12.1. The van der Waals surface area contributed by atoms with E-state index in [1.54, 1.807) is 6.26 Å². The SMILES string of the molecule is Cc1cc(C)c2oc(-c3ccc(I)cc3)c([S@](C)=O)c2c1. The topological polar surface area (TPSA) is 30.2 Å². The first-order valence-electron chi connectivity index (χ1n) is 6.60. The quantitative estimate of drug-likeness (QED) is 0.553. The van der Waals surface area contributed by atoms with Crippen molar-refractivity contribution in [1.29, 1.82) is 0 Å². The van der Waals surface area contributed by atoms with Crippen LogP contribution < -0.4 is 0 Å². The Bertz CT molecular complexity index is 847. The Hall–Kier alpha value is -1.14. The predicted molar refractivity (Wildman–Crippen MR) is 96.2 cm³/mol. The fourth-order valence-corrected chi connectivity index (χ4v) is 3.85. The van der Waals surface area contributed by atoms with Crippen LogP contribution >= 0.6 is 22.6 Å². The third-order valence-corrected chi connectivity index (χ3v) is 5.17. The summed E-state index contributed by atoms with van der Waals surface area (Å²) in [5.74, 6) is 0.718. The van der Waals surface area contributed by atoms with Crippen LogP contribution in [0.15, 0.2) is 45.7 Å². The van der Waals surface area contributed by atoms with Crippen molar-refractivity contribution in [2.75, 3.05) is 6.26 Å². The van der Waals surface area contributed by atoms with E-state index in [-0.39, 0.29) is 0 Å². The molecule has 0 unspecified atom stereocenters. The minimum Gasteiger partial charge on any atom is -0.454 e. The summed E-state index contributed by atoms with van der Waals surface area (Å²) in [5, 5.41) is 0.960. The van der Waals surface area contributed by atoms with Gasteiger partial charge >= 0.3 is 0 Å². The lowest BCUT2D eigenvalue weighted by atomic mass is 10.1. The van der Waals surface area contributed by atoms with Gasteiger partial charge in [-0.25, -0.2) is 0 Å². The fraction of sp³-hybridized carbons (Fsp3) is 0.176. The average Bonchev–Trinajstić information content (AvgIpc) is 2.79. The van der Waals surface area contributed by atoms with Crippen molar-refractivity contribution in [2.24, 2.45) is 0 Å². The first-order valence-corrected chi connectivity index (χ1v) is 9.24. The van der Waals surface area contributed by atoms with Gasteiger partial charge in [-0.1, -0.05) is 18.2 Å². The zero-order chi connectivity index (χ0) is 15.1. The van der Waals surface area contributed by atoms with Crippen LogP contribution in [0.25, 0.3) is 22.3 Å². The lowest BCUT2D eigenvalue weighted by molar-refractivity contribution is 0.620. The third-order valence-electron chi connectivity index (χ3n) is 3.47. The summed E-state index contributed by atoms with van der Waals surface area (Å²) < 4.78 is 19.5. The molecule has 1 atom stereocenters. The highest BCUT2D eigenvalue weighted by Crippen LogP contribution is 2.37. The van der Waals surface area contributed by atoms with Crippen molar-refractivity contribution < 1.29 is 8.63 Å². The number of hydrogen-bond donors (Lipinski definition) is 0. The van der Waals surface area contributed by atoms with Crippen molar-refractivity contribution in [3.63, 3.8) is 0 Å². The molecule has 0 amide bonds. The predicted octanol–water partition coefficient (Wildman–Crippen LogP) is 5.06. The Balaban J connectivity index is 2.37. The van der Waals surface area contributed by atoms with Crippen molar-refractivity contribution in [3.05, 3.63) is 51.1 Å². The summed E-state index contributed by atoms with van der Waals surface area (Å²) in [4.78, 5) is 0.790. The van der Waals surface area contributed by atoms with E-state index in [2.05, 4.69) is 34.7 Å². The molecule has 0 saturated carbocycles. The maximum atomic E-state index is 12.3. The molecule has 0 aliphatic carbocycles. The first kappa shape index (κ1) is 14.8. The van der Waals surface area contributed by atoms with Crippen LogP contribution in [0, 0.1) is 17.4 Å². The van der Waals surface area contributed by atoms with Gasteiger partial charge in [-0.3, -0.25) is 4.21 Å². The second-order valence-corrected chi connectivity index (χ2v) is 7.74. The maximum Gasteiger partial charge on any atom is 0.151 e. The maximum absolute atomic E-state index is 12.3. The van der Waals surface area contributed by atoms with Gasteiger partial charge < -0.3 is 4.42 Å². The Kier molecular flexibility index (Phi) is 3.92. The van der Waals surface area contributed by atoms with Gasteiger partial charge in [-0.2, -0.15) is 0 Å². The van der Waals surface area contributed by atoms with Crippen molar-refractivity contribution in [3.8, 4) is 11.3 Å². The standard InChI is InChI=1S/C17H15IO2S/c1-10-8-11(2)15-14(9-10)17(21(3)19)16(20-15)12-4-6-13(18)7-5-12/h4-9H,1-3H3/t21-/m0/s1. The van der Waals surface area contributed by atoms with Gasteiger partial charge in [-0.05, 0) is 65.8 Å². The van der Waals surface area contributed by atoms with Crippen LogP contribution in [0.4, 0.5) is 0 Å². The molecule has 3 rings (SSSR count). The van der Waals surface area contributed by atoms with Crippen LogP contribution in [-0.2, 0) is 10.8 Å². The second-order valence-electron chi connectivity index (χ2n) is 5.18. The largest absolute Gasteiger partial charge is 0.454 e. The molecular formula is C17H15IO2S. The molecule has 2 aromatic carbocycles. The summed E-state index contributed by atoms with van der Waals surface area (Å²) in [6.45, 7) is 4.07. The van der Waals surface area contributed by atoms with E-state index < -0.39 is 10.8 Å². The molecule has 0 bridgehead atoms. The lowest BCUT2D eigenvalue weighted by Gasteiger charge is -2.01. The third kappa shape index (κ3) is 2.66. The molecule has 1 heterocycles. The zero-order valence-corrected chi connectivity index (χ0v) is 15.0. The van der Waals surface area contributed by atoms with Gasteiger partial charge in [0.05, 0.1) is 15.7 Å². The fourth-order valence-electron chi connectivity index (χ4n) is 2.61. The summed E-state index contributed by atoms with van der Waals surface area (Å²) in [5.41, 5.74) is 4.03. The van der Waals surface area contributed by atoms with E-state index in [0.717, 1.165) is 38.3 Å². The Morgan fingerprint density at radius 3 is 2.38 bits per heavy atom. The Morgan fingerprint density at radius 1 is 1.10 bits per heavy atom. The smallest absolute Gasteiger partial charge is 0.151 e. The highest BCUT2D eigenvalue weighted by Gasteiger charge is 2.20. The molecule has 0 spiro atoms. The van der Waals surface area contributed by atoms with Crippen LogP contribution in [0.2, 0.25) is 0 Å². The van der Waals surface area contributed by atoms with E-state index in [1.807, 2.05) is 38.1 Å². The monoisotopic (exact) mass is 410 g/mol. The van der Waals surface area contributed by atoms with Crippen molar-refractivity contribution in [2.45, 2.75) is 18.7 Å². The minimum absolute atomic E-state index is 0.718. The summed E-state index contributed by atoms with van der Waals surface area (Å²) >= 11 is 2.27. The highest BCUT2D eigenvalue weighted by molar-refractivity contribution is 14.1. The average molecular weight is 410 g/mol. The van der Waals surface area contributed by atoms with Gasteiger partial charge in [0.1, 0.15) is 5.58 Å². The molecule has 0 aliphatic heterocycles. The number of hydrogen-bond acceptors (Lipinski definition) is 2. The summed E-state index contributed by atoms with van der Waals surface area (Å²) in [7, 11) is -1.10. The molecule has 0 saturated heterocycles. The van der Waals surface area contributed by atoms with Crippen LogP contribution in [0.3, 0.4) is 0 Å². The number of rotatable bonds is 2. The first-order chi connectivity index (χ1) is 9.97. The van der Waals surface area contributed by atoms with Crippen molar-refractivity contribution >= 4 is 44.4 Å². The summed E-state index contributed by atoms with van der Waals surface area (Å²) in [6.07, 6.45) is 1.71. The Morgan fingerprint density at radius 2 is 1.76 bits per heavy atom. The van der Waals surface area contributed by atoms with E-state index >= 15 is 0 Å². The van der Waals surface area contributed by atoms with Crippen LogP contribution in [0.5, 0.6) is 0 Å². The van der Waals surface area contributed by atoms with Crippen molar-refractivity contribution in [1.82, 2.24) is 0 Å².